The van der Waals surface area contributed by atoms with Crippen molar-refractivity contribution in [2.45, 2.75) is 13.3 Å². The first-order valence-electron chi connectivity index (χ1n) is 8.98. The van der Waals surface area contributed by atoms with Crippen LogP contribution in [0.5, 0.6) is 5.75 Å². The third kappa shape index (κ3) is 5.17. The van der Waals surface area contributed by atoms with Gasteiger partial charge in [0.05, 0.1) is 12.8 Å². The molecule has 0 saturated heterocycles. The fraction of sp³-hybridized carbons (Fsp3) is 0.136. The molecule has 0 unspecified atom stereocenters. The maximum Gasteiger partial charge on any atom is 0.249 e. The fourth-order valence-corrected chi connectivity index (χ4v) is 2.73. The molecule has 0 fully saturated rings. The molecule has 3 aromatic carbocycles. The number of ether oxygens (including phenoxy) is 1. The lowest BCUT2D eigenvalue weighted by Gasteiger charge is -2.06. The van der Waals surface area contributed by atoms with Gasteiger partial charge in [-0.25, -0.2) is 5.43 Å². The van der Waals surface area contributed by atoms with Crippen LogP contribution >= 0.6 is 0 Å². The molecule has 0 atom stereocenters. The summed E-state index contributed by atoms with van der Waals surface area (Å²) < 4.78 is 5.35. The van der Waals surface area contributed by atoms with Crippen molar-refractivity contribution in [1.29, 1.82) is 0 Å². The van der Waals surface area contributed by atoms with E-state index in [-0.39, 0.29) is 6.42 Å². The Bertz CT molecular complexity index is 992. The van der Waals surface area contributed by atoms with Crippen LogP contribution in [0.15, 0.2) is 71.8 Å². The van der Waals surface area contributed by atoms with Gasteiger partial charge in [0.15, 0.2) is 0 Å². The van der Waals surface area contributed by atoms with E-state index in [4.69, 9.17) is 4.74 Å². The molecule has 0 heterocycles. The number of benzene rings is 3. The molecular weight excluding hydrogens is 354 g/mol. The Kier molecular flexibility index (Phi) is 6.36. The Morgan fingerprint density at radius 2 is 1.71 bits per heavy atom. The van der Waals surface area contributed by atoms with E-state index in [1.54, 1.807) is 30.5 Å². The lowest BCUT2D eigenvalue weighted by molar-refractivity contribution is -0.126. The van der Waals surface area contributed by atoms with Gasteiger partial charge in [-0.15, -0.1) is 0 Å². The van der Waals surface area contributed by atoms with Crippen LogP contribution < -0.4 is 15.5 Å². The second-order valence-electron chi connectivity index (χ2n) is 6.04. The molecular formula is C22H21N3O3. The molecule has 3 rings (SSSR count). The van der Waals surface area contributed by atoms with Crippen molar-refractivity contribution in [3.05, 3.63) is 72.3 Å². The number of hydrogen-bond acceptors (Lipinski definition) is 4. The number of carbonyl (C=O) groups is 2. The number of rotatable bonds is 7. The molecule has 0 bridgehead atoms. The van der Waals surface area contributed by atoms with Gasteiger partial charge in [-0.3, -0.25) is 9.59 Å². The van der Waals surface area contributed by atoms with Crippen LogP contribution in [0.25, 0.3) is 10.8 Å². The van der Waals surface area contributed by atoms with Gasteiger partial charge >= 0.3 is 0 Å². The maximum atomic E-state index is 12.0. The molecule has 142 valence electrons. The topological polar surface area (TPSA) is 79.8 Å². The first-order valence-corrected chi connectivity index (χ1v) is 8.98. The van der Waals surface area contributed by atoms with Gasteiger partial charge in [-0.1, -0.05) is 42.5 Å². The monoisotopic (exact) mass is 375 g/mol. The summed E-state index contributed by atoms with van der Waals surface area (Å²) in [7, 11) is 0. The molecule has 0 aromatic heterocycles. The van der Waals surface area contributed by atoms with Gasteiger partial charge in [0.25, 0.3) is 0 Å². The van der Waals surface area contributed by atoms with E-state index in [1.165, 1.54) is 0 Å². The van der Waals surface area contributed by atoms with Crippen molar-refractivity contribution in [2.24, 2.45) is 5.10 Å². The molecule has 6 heteroatoms. The molecule has 28 heavy (non-hydrogen) atoms. The van der Waals surface area contributed by atoms with Crippen molar-refractivity contribution in [3.8, 4) is 5.75 Å². The number of hydrogen-bond donors (Lipinski definition) is 2. The molecule has 0 aliphatic rings. The highest BCUT2D eigenvalue weighted by atomic mass is 16.5. The first-order chi connectivity index (χ1) is 13.7. The molecule has 0 spiro atoms. The standard InChI is InChI=1S/C22H21N3O3/c1-2-28-19-12-10-18(11-13-19)24-21(26)14-22(27)25-23-15-17-8-5-7-16-6-3-4-9-20(16)17/h3-13,15H,2,14H2,1H3,(H,24,26)(H,25,27). The second-order valence-corrected chi connectivity index (χ2v) is 6.04. The quantitative estimate of drug-likeness (QED) is 0.375. The van der Waals surface area contributed by atoms with Crippen LogP contribution in [0.2, 0.25) is 0 Å². The minimum atomic E-state index is -0.486. The van der Waals surface area contributed by atoms with E-state index < -0.39 is 11.8 Å². The van der Waals surface area contributed by atoms with Gasteiger partial charge in [0.1, 0.15) is 12.2 Å². The summed E-state index contributed by atoms with van der Waals surface area (Å²) in [4.78, 5) is 23.9. The molecule has 0 aliphatic carbocycles. The van der Waals surface area contributed by atoms with E-state index in [9.17, 15) is 9.59 Å². The summed E-state index contributed by atoms with van der Waals surface area (Å²) in [5.74, 6) is -0.178. The molecule has 2 amide bonds. The van der Waals surface area contributed by atoms with Gasteiger partial charge in [-0.05, 0) is 42.0 Å². The van der Waals surface area contributed by atoms with Crippen LogP contribution in [-0.4, -0.2) is 24.6 Å². The summed E-state index contributed by atoms with van der Waals surface area (Å²) in [6, 6.07) is 20.7. The van der Waals surface area contributed by atoms with Crippen molar-refractivity contribution in [3.63, 3.8) is 0 Å². The lowest BCUT2D eigenvalue weighted by Crippen LogP contribution is -2.24. The van der Waals surface area contributed by atoms with E-state index in [0.29, 0.717) is 12.3 Å². The normalized spacial score (nSPS) is 10.8. The number of nitrogens with one attached hydrogen (secondary N) is 2. The average molecular weight is 375 g/mol. The molecule has 2 N–H and O–H groups in total. The lowest BCUT2D eigenvalue weighted by atomic mass is 10.1. The zero-order valence-corrected chi connectivity index (χ0v) is 15.5. The van der Waals surface area contributed by atoms with Crippen LogP contribution in [-0.2, 0) is 9.59 Å². The predicted octanol–water partition coefficient (Wildman–Crippen LogP) is 3.72. The molecule has 0 saturated carbocycles. The van der Waals surface area contributed by atoms with E-state index in [2.05, 4.69) is 15.8 Å². The SMILES string of the molecule is CCOc1ccc(NC(=O)CC(=O)NN=Cc2cccc3ccccc23)cc1. The maximum absolute atomic E-state index is 12.0. The van der Waals surface area contributed by atoms with Gasteiger partial charge in [0.2, 0.25) is 11.8 Å². The third-order valence-corrected chi connectivity index (χ3v) is 3.99. The Hall–Kier alpha value is -3.67. The summed E-state index contributed by atoms with van der Waals surface area (Å²) in [5, 5.41) is 8.76. The smallest absolute Gasteiger partial charge is 0.249 e. The molecule has 6 nitrogen and oxygen atoms in total. The van der Waals surface area contributed by atoms with Crippen LogP contribution in [0.3, 0.4) is 0 Å². The van der Waals surface area contributed by atoms with E-state index >= 15 is 0 Å². The van der Waals surface area contributed by atoms with Crippen molar-refractivity contribution in [1.82, 2.24) is 5.43 Å². The van der Waals surface area contributed by atoms with Crippen molar-refractivity contribution in [2.75, 3.05) is 11.9 Å². The van der Waals surface area contributed by atoms with Gasteiger partial charge < -0.3 is 10.1 Å². The van der Waals surface area contributed by atoms with Crippen LogP contribution in [0.4, 0.5) is 5.69 Å². The average Bonchev–Trinajstić information content (AvgIpc) is 2.70. The summed E-state index contributed by atoms with van der Waals surface area (Å²) in [6.45, 7) is 2.47. The summed E-state index contributed by atoms with van der Waals surface area (Å²) in [6.07, 6.45) is 1.25. The highest BCUT2D eigenvalue weighted by Crippen LogP contribution is 2.17. The predicted molar refractivity (Wildman–Crippen MR) is 111 cm³/mol. The zero-order chi connectivity index (χ0) is 19.8. The number of anilines is 1. The highest BCUT2D eigenvalue weighted by Gasteiger charge is 2.09. The molecule has 3 aromatic rings. The summed E-state index contributed by atoms with van der Waals surface area (Å²) in [5.41, 5.74) is 3.87. The first kappa shape index (κ1) is 19.1. The molecule has 0 aliphatic heterocycles. The fourth-order valence-electron chi connectivity index (χ4n) is 2.73. The Labute approximate surface area is 163 Å². The number of hydrazone groups is 1. The van der Waals surface area contributed by atoms with Gasteiger partial charge in [0, 0.05) is 11.3 Å². The minimum absolute atomic E-state index is 0.319. The number of fused-ring (bicyclic) bond motifs is 1. The number of nitrogens with zero attached hydrogens (tertiary/aromatic N) is 1. The number of carbonyl (C=O) groups excluding carboxylic acids is 2. The van der Waals surface area contributed by atoms with Crippen molar-refractivity contribution >= 4 is 34.5 Å². The highest BCUT2D eigenvalue weighted by molar-refractivity contribution is 6.04. The Morgan fingerprint density at radius 3 is 2.50 bits per heavy atom. The Morgan fingerprint density at radius 1 is 0.964 bits per heavy atom. The third-order valence-electron chi connectivity index (χ3n) is 3.99. The second kappa shape index (κ2) is 9.32. The largest absolute Gasteiger partial charge is 0.494 e. The Balaban J connectivity index is 1.52. The summed E-state index contributed by atoms with van der Waals surface area (Å²) >= 11 is 0. The van der Waals surface area contributed by atoms with Gasteiger partial charge in [-0.2, -0.15) is 5.10 Å². The van der Waals surface area contributed by atoms with E-state index in [0.717, 1.165) is 22.1 Å². The minimum Gasteiger partial charge on any atom is -0.494 e. The van der Waals surface area contributed by atoms with Crippen LogP contribution in [0.1, 0.15) is 18.9 Å². The molecule has 0 radical (unpaired) electrons. The van der Waals surface area contributed by atoms with Crippen molar-refractivity contribution < 1.29 is 14.3 Å². The van der Waals surface area contributed by atoms with Crippen LogP contribution in [0, 0.1) is 0 Å². The number of amides is 2. The van der Waals surface area contributed by atoms with E-state index in [1.807, 2.05) is 49.4 Å². The zero-order valence-electron chi connectivity index (χ0n) is 15.5.